The Morgan fingerprint density at radius 1 is 1.28 bits per heavy atom. The SMILES string of the molecule is CS(=O)(=O)CCC(=O)N1C[C@H]2CCC(N)C[C@H]2C1. The van der Waals surface area contributed by atoms with Gasteiger partial charge in [0.15, 0.2) is 0 Å². The summed E-state index contributed by atoms with van der Waals surface area (Å²) >= 11 is 0. The van der Waals surface area contributed by atoms with Gasteiger partial charge in [-0.15, -0.1) is 0 Å². The fourth-order valence-electron chi connectivity index (χ4n) is 3.10. The standard InChI is InChI=1S/C12H22N2O3S/c1-18(16,17)5-4-12(15)14-7-9-2-3-11(13)6-10(9)8-14/h9-11H,2-8,13H2,1H3/t9-,10+,11?/m1/s1. The molecule has 1 amide bonds. The molecule has 2 N–H and O–H groups in total. The molecule has 0 bridgehead atoms. The van der Waals surface area contributed by atoms with Crippen LogP contribution in [0.4, 0.5) is 0 Å². The third kappa shape index (κ3) is 3.45. The Kier molecular flexibility index (Phi) is 3.96. The van der Waals surface area contributed by atoms with E-state index in [9.17, 15) is 13.2 Å². The van der Waals surface area contributed by atoms with E-state index in [1.165, 1.54) is 6.26 Å². The second-order valence-corrected chi connectivity index (χ2v) is 8.03. The van der Waals surface area contributed by atoms with Crippen LogP contribution in [0.3, 0.4) is 0 Å². The maximum absolute atomic E-state index is 11.9. The number of hydrogen-bond donors (Lipinski definition) is 1. The average molecular weight is 274 g/mol. The molecule has 0 spiro atoms. The highest BCUT2D eigenvalue weighted by molar-refractivity contribution is 7.90. The summed E-state index contributed by atoms with van der Waals surface area (Å²) in [5.41, 5.74) is 5.95. The van der Waals surface area contributed by atoms with Crippen molar-refractivity contribution in [2.45, 2.75) is 31.7 Å². The van der Waals surface area contributed by atoms with Crippen LogP contribution >= 0.6 is 0 Å². The minimum Gasteiger partial charge on any atom is -0.342 e. The van der Waals surface area contributed by atoms with Gasteiger partial charge in [-0.25, -0.2) is 8.42 Å². The van der Waals surface area contributed by atoms with Crippen LogP contribution in [0.15, 0.2) is 0 Å². The zero-order valence-corrected chi connectivity index (χ0v) is 11.7. The third-order valence-corrected chi connectivity index (χ3v) is 5.08. The highest BCUT2D eigenvalue weighted by atomic mass is 32.2. The molecule has 18 heavy (non-hydrogen) atoms. The summed E-state index contributed by atoms with van der Waals surface area (Å²) in [7, 11) is -3.05. The van der Waals surface area contributed by atoms with Crippen molar-refractivity contribution >= 4 is 15.7 Å². The Bertz CT molecular complexity index is 421. The molecule has 2 rings (SSSR count). The largest absolute Gasteiger partial charge is 0.342 e. The molecule has 0 aromatic rings. The maximum Gasteiger partial charge on any atom is 0.223 e. The van der Waals surface area contributed by atoms with Crippen molar-refractivity contribution in [3.63, 3.8) is 0 Å². The number of sulfone groups is 1. The molecule has 1 saturated carbocycles. The zero-order valence-electron chi connectivity index (χ0n) is 10.8. The fraction of sp³-hybridized carbons (Fsp3) is 0.917. The van der Waals surface area contributed by atoms with Gasteiger partial charge < -0.3 is 10.6 Å². The van der Waals surface area contributed by atoms with Crippen molar-refractivity contribution in [1.29, 1.82) is 0 Å². The predicted octanol–water partition coefficient (Wildman–Crippen LogP) is 0.00690. The van der Waals surface area contributed by atoms with Crippen LogP contribution < -0.4 is 5.73 Å². The van der Waals surface area contributed by atoms with Gasteiger partial charge in [0.25, 0.3) is 0 Å². The molecule has 2 aliphatic rings. The topological polar surface area (TPSA) is 80.5 Å². The Morgan fingerprint density at radius 3 is 2.61 bits per heavy atom. The van der Waals surface area contributed by atoms with E-state index in [-0.39, 0.29) is 24.1 Å². The summed E-state index contributed by atoms with van der Waals surface area (Å²) in [6, 6.07) is 0.275. The van der Waals surface area contributed by atoms with Crippen molar-refractivity contribution in [2.24, 2.45) is 17.6 Å². The maximum atomic E-state index is 11.9. The van der Waals surface area contributed by atoms with E-state index in [2.05, 4.69) is 0 Å². The number of rotatable bonds is 3. The van der Waals surface area contributed by atoms with Crippen LogP contribution in [0.5, 0.6) is 0 Å². The lowest BCUT2D eigenvalue weighted by molar-refractivity contribution is -0.129. The van der Waals surface area contributed by atoms with Crippen LogP contribution in [0.1, 0.15) is 25.7 Å². The number of hydrogen-bond acceptors (Lipinski definition) is 4. The molecule has 104 valence electrons. The van der Waals surface area contributed by atoms with Crippen LogP contribution in [0.25, 0.3) is 0 Å². The van der Waals surface area contributed by atoms with Gasteiger partial charge in [-0.2, -0.15) is 0 Å². The van der Waals surface area contributed by atoms with Crippen molar-refractivity contribution in [2.75, 3.05) is 25.1 Å². The molecule has 2 fully saturated rings. The summed E-state index contributed by atoms with van der Waals surface area (Å²) in [5, 5.41) is 0. The molecule has 1 saturated heterocycles. The number of nitrogens with two attached hydrogens (primary N) is 1. The van der Waals surface area contributed by atoms with E-state index in [0.29, 0.717) is 11.8 Å². The Morgan fingerprint density at radius 2 is 1.94 bits per heavy atom. The lowest BCUT2D eigenvalue weighted by Crippen LogP contribution is -2.32. The molecule has 1 aliphatic carbocycles. The molecular weight excluding hydrogens is 252 g/mol. The van der Waals surface area contributed by atoms with Gasteiger partial charge in [0.2, 0.25) is 5.91 Å². The summed E-state index contributed by atoms with van der Waals surface area (Å²) in [5.74, 6) is 1.03. The molecule has 1 unspecified atom stereocenters. The van der Waals surface area contributed by atoms with Gasteiger partial charge in [0, 0.05) is 31.8 Å². The molecule has 1 aliphatic heterocycles. The normalized spacial score (nSPS) is 32.3. The smallest absolute Gasteiger partial charge is 0.223 e. The van der Waals surface area contributed by atoms with Gasteiger partial charge >= 0.3 is 0 Å². The van der Waals surface area contributed by atoms with Gasteiger partial charge in [-0.05, 0) is 31.1 Å². The Balaban J connectivity index is 1.86. The number of amides is 1. The van der Waals surface area contributed by atoms with Crippen molar-refractivity contribution < 1.29 is 13.2 Å². The molecule has 1 heterocycles. The highest BCUT2D eigenvalue weighted by Crippen LogP contribution is 2.35. The lowest BCUT2D eigenvalue weighted by Gasteiger charge is -2.27. The first-order valence-corrected chi connectivity index (χ1v) is 8.62. The molecular formula is C12H22N2O3S. The first kappa shape index (κ1) is 13.8. The quantitative estimate of drug-likeness (QED) is 0.786. The number of likely N-dealkylation sites (tertiary alicyclic amines) is 1. The highest BCUT2D eigenvalue weighted by Gasteiger charge is 2.38. The van der Waals surface area contributed by atoms with E-state index in [1.807, 2.05) is 4.90 Å². The second-order valence-electron chi connectivity index (χ2n) is 5.77. The van der Waals surface area contributed by atoms with Crippen molar-refractivity contribution in [3.8, 4) is 0 Å². The number of fused-ring (bicyclic) bond motifs is 1. The number of nitrogens with zero attached hydrogens (tertiary/aromatic N) is 1. The first-order chi connectivity index (χ1) is 8.35. The molecule has 6 heteroatoms. The average Bonchev–Trinajstić information content (AvgIpc) is 2.67. The van der Waals surface area contributed by atoms with Crippen LogP contribution in [0.2, 0.25) is 0 Å². The van der Waals surface area contributed by atoms with Crippen LogP contribution in [-0.4, -0.2) is 50.4 Å². The van der Waals surface area contributed by atoms with Gasteiger partial charge in [0.05, 0.1) is 5.75 Å². The minimum atomic E-state index is -3.05. The monoisotopic (exact) mass is 274 g/mol. The number of carbonyl (C=O) groups excluding carboxylic acids is 1. The summed E-state index contributed by atoms with van der Waals surface area (Å²) in [4.78, 5) is 13.8. The van der Waals surface area contributed by atoms with Crippen LogP contribution in [-0.2, 0) is 14.6 Å². The van der Waals surface area contributed by atoms with E-state index in [4.69, 9.17) is 5.73 Å². The Labute approximate surface area is 109 Å². The molecule has 0 aromatic heterocycles. The molecule has 3 atom stereocenters. The lowest BCUT2D eigenvalue weighted by atomic mass is 9.79. The van der Waals surface area contributed by atoms with Gasteiger partial charge in [-0.3, -0.25) is 4.79 Å². The molecule has 0 radical (unpaired) electrons. The van der Waals surface area contributed by atoms with Gasteiger partial charge in [0.1, 0.15) is 9.84 Å². The zero-order chi connectivity index (χ0) is 13.3. The van der Waals surface area contributed by atoms with E-state index in [0.717, 1.165) is 32.4 Å². The summed E-state index contributed by atoms with van der Waals surface area (Å²) < 4.78 is 22.1. The summed E-state index contributed by atoms with van der Waals surface area (Å²) in [6.07, 6.45) is 4.43. The van der Waals surface area contributed by atoms with Crippen molar-refractivity contribution in [1.82, 2.24) is 4.90 Å². The van der Waals surface area contributed by atoms with Crippen molar-refractivity contribution in [3.05, 3.63) is 0 Å². The van der Waals surface area contributed by atoms with Gasteiger partial charge in [-0.1, -0.05) is 0 Å². The first-order valence-electron chi connectivity index (χ1n) is 6.56. The predicted molar refractivity (Wildman–Crippen MR) is 69.7 cm³/mol. The molecule has 5 nitrogen and oxygen atoms in total. The van der Waals surface area contributed by atoms with Crippen LogP contribution in [0, 0.1) is 11.8 Å². The second kappa shape index (κ2) is 5.17. The minimum absolute atomic E-state index is 0.0246. The fourth-order valence-corrected chi connectivity index (χ4v) is 3.65. The Hall–Kier alpha value is -0.620. The third-order valence-electron chi connectivity index (χ3n) is 4.13. The number of carbonyl (C=O) groups is 1. The molecule has 0 aromatic carbocycles. The van der Waals surface area contributed by atoms with E-state index < -0.39 is 9.84 Å². The summed E-state index contributed by atoms with van der Waals surface area (Å²) in [6.45, 7) is 1.56. The van der Waals surface area contributed by atoms with E-state index in [1.54, 1.807) is 0 Å². The van der Waals surface area contributed by atoms with E-state index >= 15 is 0 Å².